The highest BCUT2D eigenvalue weighted by atomic mass is 16.6. The molecule has 34 heavy (non-hydrogen) atoms. The number of hydrogen-bond donors (Lipinski definition) is 0. The topological polar surface area (TPSA) is 46.7 Å². The predicted molar refractivity (Wildman–Crippen MR) is 140 cm³/mol. The molecular weight excluding hydrogens is 420 g/mol. The van der Waals surface area contributed by atoms with Crippen LogP contribution in [0, 0.1) is 17.8 Å². The third-order valence-corrected chi connectivity index (χ3v) is 8.20. The van der Waals surface area contributed by atoms with Crippen molar-refractivity contribution in [3.8, 4) is 0 Å². The van der Waals surface area contributed by atoms with Crippen LogP contribution >= 0.6 is 0 Å². The zero-order valence-electron chi connectivity index (χ0n) is 22.4. The first-order valence-corrected chi connectivity index (χ1v) is 13.6. The van der Waals surface area contributed by atoms with Gasteiger partial charge in [-0.2, -0.15) is 0 Å². The SMILES string of the molecule is CC(=CC[C@@]12O[C@]1(C)C(=O)c1ccccc1C2=O)CCC[C@@H](C)CCC[C@@H](C)CCCC(C)C. The third-order valence-electron chi connectivity index (χ3n) is 8.20. The average Bonchev–Trinajstić information content (AvgIpc) is 3.43. The minimum absolute atomic E-state index is 0.0405. The summed E-state index contributed by atoms with van der Waals surface area (Å²) in [5, 5.41) is 0. The second-order valence-corrected chi connectivity index (χ2v) is 11.8. The second-order valence-electron chi connectivity index (χ2n) is 11.8. The first kappa shape index (κ1) is 26.9. The van der Waals surface area contributed by atoms with E-state index < -0.39 is 11.2 Å². The summed E-state index contributed by atoms with van der Waals surface area (Å²) in [6.07, 6.45) is 14.2. The van der Waals surface area contributed by atoms with Crippen LogP contribution in [-0.4, -0.2) is 22.8 Å². The van der Waals surface area contributed by atoms with E-state index in [0.29, 0.717) is 17.5 Å². The van der Waals surface area contributed by atoms with Crippen molar-refractivity contribution < 1.29 is 14.3 Å². The van der Waals surface area contributed by atoms with Crippen molar-refractivity contribution in [3.63, 3.8) is 0 Å². The summed E-state index contributed by atoms with van der Waals surface area (Å²) in [5.74, 6) is 2.34. The van der Waals surface area contributed by atoms with Crippen LogP contribution in [0.3, 0.4) is 0 Å². The number of ketones is 2. The van der Waals surface area contributed by atoms with E-state index in [0.717, 1.165) is 24.2 Å². The summed E-state index contributed by atoms with van der Waals surface area (Å²) >= 11 is 0. The first-order valence-electron chi connectivity index (χ1n) is 13.6. The van der Waals surface area contributed by atoms with E-state index >= 15 is 0 Å². The fourth-order valence-corrected chi connectivity index (χ4v) is 5.63. The van der Waals surface area contributed by atoms with Crippen LogP contribution in [0.1, 0.15) is 126 Å². The molecule has 1 aliphatic carbocycles. The molecule has 1 heterocycles. The minimum atomic E-state index is -1.00. The van der Waals surface area contributed by atoms with Gasteiger partial charge in [-0.05, 0) is 44.4 Å². The molecule has 1 saturated heterocycles. The highest BCUT2D eigenvalue weighted by Crippen LogP contribution is 2.57. The van der Waals surface area contributed by atoms with Crippen LogP contribution in [0.5, 0.6) is 0 Å². The van der Waals surface area contributed by atoms with Gasteiger partial charge in [-0.1, -0.05) is 109 Å². The van der Waals surface area contributed by atoms with Gasteiger partial charge in [0.2, 0.25) is 0 Å². The molecule has 3 nitrogen and oxygen atoms in total. The van der Waals surface area contributed by atoms with E-state index in [1.807, 2.05) is 12.1 Å². The highest BCUT2D eigenvalue weighted by molar-refractivity contribution is 6.25. The zero-order valence-corrected chi connectivity index (χ0v) is 22.4. The molecule has 0 amide bonds. The largest absolute Gasteiger partial charge is 0.345 e. The Morgan fingerprint density at radius 3 is 1.97 bits per heavy atom. The summed E-state index contributed by atoms with van der Waals surface area (Å²) in [5.41, 5.74) is 0.297. The summed E-state index contributed by atoms with van der Waals surface area (Å²) in [7, 11) is 0. The van der Waals surface area contributed by atoms with Gasteiger partial charge in [0.15, 0.2) is 22.8 Å². The molecule has 0 bridgehead atoms. The highest BCUT2D eigenvalue weighted by Gasteiger charge is 2.77. The van der Waals surface area contributed by atoms with Crippen LogP contribution in [0.15, 0.2) is 35.9 Å². The minimum Gasteiger partial charge on any atom is -0.345 e. The van der Waals surface area contributed by atoms with Crippen LogP contribution in [0.2, 0.25) is 0 Å². The normalized spacial score (nSPS) is 25.8. The van der Waals surface area contributed by atoms with Crippen LogP contribution in [0.4, 0.5) is 0 Å². The van der Waals surface area contributed by atoms with Crippen molar-refractivity contribution in [3.05, 3.63) is 47.0 Å². The van der Waals surface area contributed by atoms with E-state index in [4.69, 9.17) is 4.74 Å². The van der Waals surface area contributed by atoms with E-state index in [1.54, 1.807) is 19.1 Å². The van der Waals surface area contributed by atoms with Crippen molar-refractivity contribution >= 4 is 11.6 Å². The maximum Gasteiger partial charge on any atom is 0.199 e. The molecule has 1 aromatic carbocycles. The van der Waals surface area contributed by atoms with Gasteiger partial charge in [-0.3, -0.25) is 9.59 Å². The number of benzene rings is 1. The third kappa shape index (κ3) is 5.90. The summed E-state index contributed by atoms with van der Waals surface area (Å²) in [4.78, 5) is 26.1. The molecule has 188 valence electrons. The van der Waals surface area contributed by atoms with Gasteiger partial charge in [-0.25, -0.2) is 0 Å². The van der Waals surface area contributed by atoms with Gasteiger partial charge >= 0.3 is 0 Å². The molecule has 3 heteroatoms. The Morgan fingerprint density at radius 2 is 1.38 bits per heavy atom. The maximum absolute atomic E-state index is 13.2. The second kappa shape index (κ2) is 11.3. The molecule has 2 aliphatic rings. The predicted octanol–water partition coefficient (Wildman–Crippen LogP) is 8.37. The lowest BCUT2D eigenvalue weighted by molar-refractivity contribution is 0.0847. The number of allylic oxidation sites excluding steroid dienone is 1. The van der Waals surface area contributed by atoms with Crippen molar-refractivity contribution in [2.75, 3.05) is 0 Å². The van der Waals surface area contributed by atoms with Gasteiger partial charge in [0, 0.05) is 17.5 Å². The number of Topliss-reactive ketones (excluding diaryl/α,β-unsaturated/α-hetero) is 2. The average molecular weight is 467 g/mol. The Balaban J connectivity index is 1.39. The first-order chi connectivity index (χ1) is 16.1. The Morgan fingerprint density at radius 1 is 0.853 bits per heavy atom. The van der Waals surface area contributed by atoms with Crippen LogP contribution < -0.4 is 0 Å². The summed E-state index contributed by atoms with van der Waals surface area (Å²) in [6, 6.07) is 7.12. The number of epoxide rings is 1. The Hall–Kier alpha value is -1.74. The van der Waals surface area contributed by atoms with Crippen molar-refractivity contribution in [1.82, 2.24) is 0 Å². The molecular formula is C31H46O3. The number of carbonyl (C=O) groups excluding carboxylic acids is 2. The van der Waals surface area contributed by atoms with Gasteiger partial charge in [0.05, 0.1) is 0 Å². The van der Waals surface area contributed by atoms with Crippen LogP contribution in [-0.2, 0) is 4.74 Å². The van der Waals surface area contributed by atoms with E-state index in [9.17, 15) is 9.59 Å². The molecule has 0 aromatic heterocycles. The van der Waals surface area contributed by atoms with Gasteiger partial charge < -0.3 is 4.74 Å². The Kier molecular flexibility index (Phi) is 8.95. The van der Waals surface area contributed by atoms with E-state index in [-0.39, 0.29) is 11.6 Å². The Bertz CT molecular complexity index is 898. The molecule has 3 rings (SSSR count). The molecule has 0 radical (unpaired) electrons. The van der Waals surface area contributed by atoms with Crippen LogP contribution in [0.25, 0.3) is 0 Å². The maximum atomic E-state index is 13.2. The number of carbonyl (C=O) groups is 2. The quantitative estimate of drug-likeness (QED) is 0.204. The molecule has 0 spiro atoms. The smallest absolute Gasteiger partial charge is 0.199 e. The molecule has 4 atom stereocenters. The lowest BCUT2D eigenvalue weighted by Gasteiger charge is -2.22. The molecule has 0 saturated carbocycles. The number of hydrogen-bond acceptors (Lipinski definition) is 3. The van der Waals surface area contributed by atoms with Crippen molar-refractivity contribution in [1.29, 1.82) is 0 Å². The van der Waals surface area contributed by atoms with Crippen molar-refractivity contribution in [2.24, 2.45) is 17.8 Å². The zero-order chi connectivity index (χ0) is 24.9. The fourth-order valence-electron chi connectivity index (χ4n) is 5.63. The fraction of sp³-hybridized carbons (Fsp3) is 0.677. The monoisotopic (exact) mass is 466 g/mol. The van der Waals surface area contributed by atoms with Gasteiger partial charge in [0.25, 0.3) is 0 Å². The summed E-state index contributed by atoms with van der Waals surface area (Å²) in [6.45, 7) is 13.3. The molecule has 1 aromatic rings. The van der Waals surface area contributed by atoms with Gasteiger partial charge in [0.1, 0.15) is 0 Å². The molecule has 1 fully saturated rings. The Labute approximate surface area is 207 Å². The molecule has 1 aliphatic heterocycles. The number of ether oxygens (including phenoxy) is 1. The van der Waals surface area contributed by atoms with Gasteiger partial charge in [-0.15, -0.1) is 0 Å². The van der Waals surface area contributed by atoms with E-state index in [1.165, 1.54) is 56.9 Å². The standard InChI is InChI=1S/C31H46O3/c1-22(2)12-9-13-23(3)14-10-15-24(4)16-11-17-25(5)20-21-31-29(33)27-19-8-7-18-26(27)28(32)30(31,6)34-31/h7-8,18-20,22-24H,9-17,21H2,1-6H3/t23-,24-,30+,31-/m0/s1. The lowest BCUT2D eigenvalue weighted by atomic mass is 9.73. The van der Waals surface area contributed by atoms with Crippen molar-refractivity contribution in [2.45, 2.75) is 117 Å². The number of fused-ring (bicyclic) bond motifs is 2. The molecule has 0 N–H and O–H groups in total. The molecule has 0 unspecified atom stereocenters. The van der Waals surface area contributed by atoms with E-state index in [2.05, 4.69) is 40.7 Å². The number of rotatable bonds is 14. The summed E-state index contributed by atoms with van der Waals surface area (Å²) < 4.78 is 5.91. The lowest BCUT2D eigenvalue weighted by Crippen LogP contribution is -2.43.